The number of aliphatic imine (C=N–C) groups is 1. The number of anilines is 1. The molecular weight excluding hydrogens is 368 g/mol. The number of amides is 3. The summed E-state index contributed by atoms with van der Waals surface area (Å²) in [6.07, 6.45) is 7.45. The van der Waals surface area contributed by atoms with Gasteiger partial charge in [-0.15, -0.1) is 0 Å². The zero-order chi connectivity index (χ0) is 20.4. The fourth-order valence-corrected chi connectivity index (χ4v) is 4.64. The average Bonchev–Trinajstić information content (AvgIpc) is 3.03. The first-order valence-electron chi connectivity index (χ1n) is 10.6. The number of hydrogen-bond acceptors (Lipinski definition) is 5. The van der Waals surface area contributed by atoms with Crippen molar-refractivity contribution in [1.29, 1.82) is 0 Å². The van der Waals surface area contributed by atoms with E-state index in [-0.39, 0.29) is 24.1 Å². The fraction of sp³-hybridized carbons (Fsp3) is 0.545. The normalized spacial score (nSPS) is 27.3. The van der Waals surface area contributed by atoms with E-state index in [1.54, 1.807) is 4.90 Å². The maximum Gasteiger partial charge on any atom is 0.255 e. The van der Waals surface area contributed by atoms with Gasteiger partial charge >= 0.3 is 0 Å². The van der Waals surface area contributed by atoms with Crippen molar-refractivity contribution in [1.82, 2.24) is 10.2 Å². The van der Waals surface area contributed by atoms with E-state index < -0.39 is 6.04 Å². The maximum atomic E-state index is 12.8. The fourth-order valence-electron chi connectivity index (χ4n) is 4.64. The van der Waals surface area contributed by atoms with Crippen LogP contribution < -0.4 is 10.6 Å². The van der Waals surface area contributed by atoms with Gasteiger partial charge in [0.1, 0.15) is 6.04 Å². The van der Waals surface area contributed by atoms with Gasteiger partial charge in [0, 0.05) is 48.9 Å². The molecule has 1 saturated heterocycles. The Morgan fingerprint density at radius 1 is 1.21 bits per heavy atom. The Labute approximate surface area is 170 Å². The third-order valence-corrected chi connectivity index (χ3v) is 6.17. The van der Waals surface area contributed by atoms with Gasteiger partial charge in [0.2, 0.25) is 11.8 Å². The summed E-state index contributed by atoms with van der Waals surface area (Å²) in [7, 11) is 0. The first-order valence-corrected chi connectivity index (χ1v) is 10.6. The summed E-state index contributed by atoms with van der Waals surface area (Å²) in [4.78, 5) is 42.5. The molecule has 2 heterocycles. The lowest BCUT2D eigenvalue weighted by Crippen LogP contribution is -2.52. The number of carbonyl (C=O) groups excluding carboxylic acids is 3. The maximum absolute atomic E-state index is 12.8. The second-order valence-corrected chi connectivity index (χ2v) is 8.12. The predicted molar refractivity (Wildman–Crippen MR) is 111 cm³/mol. The van der Waals surface area contributed by atoms with Crippen molar-refractivity contribution in [3.8, 4) is 0 Å². The van der Waals surface area contributed by atoms with Gasteiger partial charge in [0.15, 0.2) is 0 Å². The Balaban J connectivity index is 1.48. The first kappa shape index (κ1) is 19.6. The molecule has 3 amide bonds. The SMILES string of the molecule is CCN=CC1CCCC[C@H]1Nc1ccc2c(c1)CN(C1CCC(=O)NC1=O)C2=O. The van der Waals surface area contributed by atoms with Crippen LogP contribution in [0.2, 0.25) is 0 Å². The van der Waals surface area contributed by atoms with E-state index in [0.717, 1.165) is 30.6 Å². The number of nitrogens with zero attached hydrogens (tertiary/aromatic N) is 2. The Kier molecular flexibility index (Phi) is 5.65. The van der Waals surface area contributed by atoms with Crippen molar-refractivity contribution in [3.63, 3.8) is 0 Å². The Hall–Kier alpha value is -2.70. The number of fused-ring (bicyclic) bond motifs is 1. The summed E-state index contributed by atoms with van der Waals surface area (Å²) in [5.74, 6) is -0.346. The molecule has 3 atom stereocenters. The molecule has 2 aliphatic heterocycles. The van der Waals surface area contributed by atoms with Crippen molar-refractivity contribution >= 4 is 29.6 Å². The highest BCUT2D eigenvalue weighted by Gasteiger charge is 2.39. The van der Waals surface area contributed by atoms with Crippen molar-refractivity contribution in [3.05, 3.63) is 29.3 Å². The van der Waals surface area contributed by atoms with Crippen LogP contribution in [0.3, 0.4) is 0 Å². The molecule has 3 aliphatic rings. The Bertz CT molecular complexity index is 850. The molecule has 0 bridgehead atoms. The van der Waals surface area contributed by atoms with Gasteiger partial charge in [-0.25, -0.2) is 0 Å². The van der Waals surface area contributed by atoms with Gasteiger partial charge in [-0.2, -0.15) is 0 Å². The number of benzene rings is 1. The third kappa shape index (κ3) is 4.04. The molecule has 2 fully saturated rings. The highest BCUT2D eigenvalue weighted by atomic mass is 16.2. The number of imide groups is 1. The largest absolute Gasteiger partial charge is 0.382 e. The van der Waals surface area contributed by atoms with Crippen LogP contribution in [-0.2, 0) is 16.1 Å². The molecule has 7 nitrogen and oxygen atoms in total. The van der Waals surface area contributed by atoms with E-state index in [1.165, 1.54) is 12.8 Å². The molecule has 0 aromatic heterocycles. The molecule has 2 unspecified atom stereocenters. The van der Waals surface area contributed by atoms with Gasteiger partial charge in [0.25, 0.3) is 5.91 Å². The van der Waals surface area contributed by atoms with E-state index in [1.807, 2.05) is 25.1 Å². The smallest absolute Gasteiger partial charge is 0.255 e. The molecule has 0 spiro atoms. The van der Waals surface area contributed by atoms with Gasteiger partial charge < -0.3 is 10.2 Å². The zero-order valence-electron chi connectivity index (χ0n) is 16.8. The van der Waals surface area contributed by atoms with E-state index in [9.17, 15) is 14.4 Å². The van der Waals surface area contributed by atoms with Crippen molar-refractivity contribution in [2.24, 2.45) is 10.9 Å². The molecule has 7 heteroatoms. The number of hydrogen-bond donors (Lipinski definition) is 2. The highest BCUT2D eigenvalue weighted by molar-refractivity contribution is 6.05. The van der Waals surface area contributed by atoms with Gasteiger partial charge in [0.05, 0.1) is 0 Å². The van der Waals surface area contributed by atoms with Gasteiger partial charge in [-0.05, 0) is 49.9 Å². The predicted octanol–water partition coefficient (Wildman–Crippen LogP) is 2.51. The summed E-state index contributed by atoms with van der Waals surface area (Å²) in [6, 6.07) is 5.61. The molecule has 154 valence electrons. The van der Waals surface area contributed by atoms with Crippen LogP contribution in [0, 0.1) is 5.92 Å². The summed E-state index contributed by atoms with van der Waals surface area (Å²) in [5, 5.41) is 5.99. The van der Waals surface area contributed by atoms with Crippen molar-refractivity contribution < 1.29 is 14.4 Å². The second kappa shape index (κ2) is 8.35. The molecule has 4 rings (SSSR count). The molecule has 29 heavy (non-hydrogen) atoms. The van der Waals surface area contributed by atoms with Crippen molar-refractivity contribution in [2.75, 3.05) is 11.9 Å². The highest BCUT2D eigenvalue weighted by Crippen LogP contribution is 2.31. The minimum atomic E-state index is -0.572. The summed E-state index contributed by atoms with van der Waals surface area (Å²) in [6.45, 7) is 3.26. The molecule has 1 aliphatic carbocycles. The van der Waals surface area contributed by atoms with Crippen LogP contribution in [0.25, 0.3) is 0 Å². The third-order valence-electron chi connectivity index (χ3n) is 6.17. The molecular formula is C22H28N4O3. The minimum absolute atomic E-state index is 0.133. The van der Waals surface area contributed by atoms with E-state index in [0.29, 0.717) is 30.5 Å². The van der Waals surface area contributed by atoms with Crippen molar-refractivity contribution in [2.45, 2.75) is 64.1 Å². The van der Waals surface area contributed by atoms with Crippen LogP contribution >= 0.6 is 0 Å². The summed E-state index contributed by atoms with van der Waals surface area (Å²) < 4.78 is 0. The average molecular weight is 396 g/mol. The van der Waals surface area contributed by atoms with Crippen LogP contribution in [-0.4, -0.2) is 47.5 Å². The lowest BCUT2D eigenvalue weighted by molar-refractivity contribution is -0.136. The van der Waals surface area contributed by atoms with Crippen LogP contribution in [0.5, 0.6) is 0 Å². The number of rotatable bonds is 5. The van der Waals surface area contributed by atoms with E-state index in [4.69, 9.17) is 0 Å². The summed E-state index contributed by atoms with van der Waals surface area (Å²) >= 11 is 0. The van der Waals surface area contributed by atoms with E-state index in [2.05, 4.69) is 21.8 Å². The Morgan fingerprint density at radius 2 is 2.03 bits per heavy atom. The standard InChI is InChI=1S/C22H28N4O3/c1-2-23-12-14-5-3-4-6-18(14)24-16-7-8-17-15(11-16)13-26(22(17)29)19-9-10-20(27)25-21(19)28/h7-8,11-12,14,18-19,24H,2-6,9-10,13H2,1H3,(H,25,27,28)/t14?,18-,19?/m1/s1. The van der Waals surface area contributed by atoms with Crippen LogP contribution in [0.1, 0.15) is 61.4 Å². The van der Waals surface area contributed by atoms with Crippen LogP contribution in [0.15, 0.2) is 23.2 Å². The molecule has 1 saturated carbocycles. The molecule has 1 aromatic carbocycles. The first-order chi connectivity index (χ1) is 14.1. The number of piperidine rings is 1. The monoisotopic (exact) mass is 396 g/mol. The number of nitrogens with one attached hydrogen (secondary N) is 2. The molecule has 0 radical (unpaired) electrons. The lowest BCUT2D eigenvalue weighted by atomic mass is 9.85. The molecule has 1 aromatic rings. The topological polar surface area (TPSA) is 90.9 Å². The minimum Gasteiger partial charge on any atom is -0.382 e. The zero-order valence-corrected chi connectivity index (χ0v) is 16.8. The molecule has 2 N–H and O–H groups in total. The second-order valence-electron chi connectivity index (χ2n) is 8.12. The number of carbonyl (C=O) groups is 3. The van der Waals surface area contributed by atoms with Gasteiger partial charge in [-0.3, -0.25) is 24.7 Å². The Morgan fingerprint density at radius 3 is 2.83 bits per heavy atom. The van der Waals surface area contributed by atoms with Crippen LogP contribution in [0.4, 0.5) is 5.69 Å². The van der Waals surface area contributed by atoms with E-state index >= 15 is 0 Å². The van der Waals surface area contributed by atoms with Gasteiger partial charge in [-0.1, -0.05) is 12.8 Å². The lowest BCUT2D eigenvalue weighted by Gasteiger charge is -2.30. The summed E-state index contributed by atoms with van der Waals surface area (Å²) in [5.41, 5.74) is 2.58. The quantitative estimate of drug-likeness (QED) is 0.591.